The van der Waals surface area contributed by atoms with Crippen molar-refractivity contribution in [2.24, 2.45) is 0 Å². The summed E-state index contributed by atoms with van der Waals surface area (Å²) in [5.74, 6) is 0.135. The van der Waals surface area contributed by atoms with E-state index in [1.807, 2.05) is 35.3 Å². The first kappa shape index (κ1) is 17.5. The molecule has 0 saturated carbocycles. The van der Waals surface area contributed by atoms with Gasteiger partial charge in [0.2, 0.25) is 0 Å². The van der Waals surface area contributed by atoms with E-state index in [0.29, 0.717) is 0 Å². The highest BCUT2D eigenvalue weighted by atomic mass is 32.1. The quantitative estimate of drug-likeness (QED) is 0.477. The second kappa shape index (κ2) is 6.89. The minimum atomic E-state index is -0.179. The Bertz CT molecular complexity index is 1200. The molecule has 3 aromatic carbocycles. The Morgan fingerprint density at radius 1 is 0.900 bits per heavy atom. The van der Waals surface area contributed by atoms with Crippen molar-refractivity contribution in [3.8, 4) is 0 Å². The molecule has 1 N–H and O–H groups in total. The monoisotopic (exact) mass is 411 g/mol. The Kier molecular flexibility index (Phi) is 4.03. The molecule has 1 aromatic heterocycles. The Morgan fingerprint density at radius 2 is 1.67 bits per heavy atom. The number of para-hydroxylation sites is 2. The van der Waals surface area contributed by atoms with Crippen LogP contribution in [0.5, 0.6) is 0 Å². The molecule has 4 nitrogen and oxygen atoms in total. The first-order valence-electron chi connectivity index (χ1n) is 10.3. The number of fused-ring (bicyclic) bond motifs is 4. The highest BCUT2D eigenvalue weighted by Gasteiger charge is 2.49. The van der Waals surface area contributed by atoms with Gasteiger partial charge in [0.05, 0.1) is 10.6 Å². The third kappa shape index (κ3) is 2.70. The van der Waals surface area contributed by atoms with Crippen molar-refractivity contribution < 1.29 is 4.79 Å². The van der Waals surface area contributed by atoms with Crippen LogP contribution in [0.25, 0.3) is 10.1 Å². The van der Waals surface area contributed by atoms with Crippen LogP contribution < -0.4 is 10.3 Å². The molecule has 0 spiro atoms. The van der Waals surface area contributed by atoms with Crippen molar-refractivity contribution in [1.82, 2.24) is 5.01 Å². The molecule has 2 atom stereocenters. The average Bonchev–Trinajstić information content (AvgIpc) is 3.34. The molecular formula is C25H21N3OS. The van der Waals surface area contributed by atoms with Crippen LogP contribution in [0.3, 0.4) is 0 Å². The highest BCUT2D eigenvalue weighted by Crippen LogP contribution is 2.46. The molecule has 2 aliphatic heterocycles. The van der Waals surface area contributed by atoms with Crippen LogP contribution >= 0.6 is 11.3 Å². The van der Waals surface area contributed by atoms with E-state index in [-0.39, 0.29) is 18.1 Å². The highest BCUT2D eigenvalue weighted by molar-refractivity contribution is 7.19. The largest absolute Gasteiger partial charge is 0.333 e. The molecule has 0 radical (unpaired) electrons. The number of nitrogens with zero attached hydrogens (tertiary/aromatic N) is 2. The first-order chi connectivity index (χ1) is 14.8. The number of carbonyl (C=O) groups excluding carboxylic acids is 1. The lowest BCUT2D eigenvalue weighted by atomic mass is 9.96. The van der Waals surface area contributed by atoms with E-state index in [2.05, 4.69) is 64.9 Å². The number of anilines is 2. The third-order valence-electron chi connectivity index (χ3n) is 6.05. The van der Waals surface area contributed by atoms with Crippen molar-refractivity contribution in [2.75, 3.05) is 10.3 Å². The summed E-state index contributed by atoms with van der Waals surface area (Å²) < 4.78 is 1.24. The zero-order valence-electron chi connectivity index (χ0n) is 16.4. The van der Waals surface area contributed by atoms with Gasteiger partial charge in [-0.25, -0.2) is 5.01 Å². The van der Waals surface area contributed by atoms with Crippen LogP contribution in [0.1, 0.15) is 23.0 Å². The van der Waals surface area contributed by atoms with Gasteiger partial charge in [0.1, 0.15) is 6.04 Å². The van der Waals surface area contributed by atoms with Crippen molar-refractivity contribution in [3.05, 3.63) is 95.4 Å². The Morgan fingerprint density at radius 3 is 2.53 bits per heavy atom. The van der Waals surface area contributed by atoms with E-state index in [1.54, 1.807) is 11.3 Å². The second-order valence-electron chi connectivity index (χ2n) is 7.84. The van der Waals surface area contributed by atoms with E-state index in [1.165, 1.54) is 26.2 Å². The molecule has 4 aromatic rings. The standard InChI is InChI=1S/C25H21N3OS/c29-25-21-15-14-17-8-4-6-12-20(17)27(21)24(28(25)26-19-10-2-1-3-11-19)23-16-18-9-5-7-13-22(18)30-23/h1-13,16,21,24,26H,14-15H2. The van der Waals surface area contributed by atoms with E-state index in [0.717, 1.165) is 18.5 Å². The number of aryl methyl sites for hydroxylation is 1. The Hall–Kier alpha value is -3.31. The molecule has 6 rings (SSSR count). The van der Waals surface area contributed by atoms with Crippen molar-refractivity contribution in [3.63, 3.8) is 0 Å². The molecule has 0 bridgehead atoms. The summed E-state index contributed by atoms with van der Waals surface area (Å²) in [4.78, 5) is 17.1. The van der Waals surface area contributed by atoms with Gasteiger partial charge in [-0.1, -0.05) is 54.6 Å². The van der Waals surface area contributed by atoms with E-state index >= 15 is 0 Å². The lowest BCUT2D eigenvalue weighted by Crippen LogP contribution is -2.38. The molecule has 3 heterocycles. The predicted octanol–water partition coefficient (Wildman–Crippen LogP) is 5.59. The van der Waals surface area contributed by atoms with Gasteiger partial charge in [0, 0.05) is 10.4 Å². The fourth-order valence-electron chi connectivity index (χ4n) is 4.69. The predicted molar refractivity (Wildman–Crippen MR) is 123 cm³/mol. The maximum Gasteiger partial charge on any atom is 0.266 e. The molecule has 2 aliphatic rings. The van der Waals surface area contributed by atoms with Crippen LogP contribution in [-0.2, 0) is 11.2 Å². The van der Waals surface area contributed by atoms with Crippen molar-refractivity contribution in [2.45, 2.75) is 25.0 Å². The van der Waals surface area contributed by atoms with Gasteiger partial charge in [-0.3, -0.25) is 10.2 Å². The van der Waals surface area contributed by atoms with Crippen LogP contribution in [0, 0.1) is 0 Å². The fourth-order valence-corrected chi connectivity index (χ4v) is 5.84. The Labute approximate surface area is 179 Å². The third-order valence-corrected chi connectivity index (χ3v) is 7.20. The van der Waals surface area contributed by atoms with Gasteiger partial charge in [-0.05, 0) is 54.1 Å². The molecule has 5 heteroatoms. The lowest BCUT2D eigenvalue weighted by Gasteiger charge is -2.36. The number of rotatable bonds is 3. The zero-order chi connectivity index (χ0) is 20.1. The van der Waals surface area contributed by atoms with E-state index in [4.69, 9.17) is 0 Å². The number of benzene rings is 3. The average molecular weight is 412 g/mol. The van der Waals surface area contributed by atoms with Crippen molar-refractivity contribution >= 4 is 38.7 Å². The van der Waals surface area contributed by atoms with Crippen LogP contribution in [0.2, 0.25) is 0 Å². The topological polar surface area (TPSA) is 35.6 Å². The number of hydrogen-bond donors (Lipinski definition) is 1. The van der Waals surface area contributed by atoms with Gasteiger partial charge in [-0.2, -0.15) is 0 Å². The molecule has 148 valence electrons. The summed E-state index contributed by atoms with van der Waals surface area (Å²) in [7, 11) is 0. The van der Waals surface area contributed by atoms with Crippen LogP contribution in [0.15, 0.2) is 84.9 Å². The number of hydrazine groups is 1. The van der Waals surface area contributed by atoms with Crippen LogP contribution in [-0.4, -0.2) is 17.0 Å². The van der Waals surface area contributed by atoms with E-state index in [9.17, 15) is 4.79 Å². The summed E-state index contributed by atoms with van der Waals surface area (Å²) in [6.45, 7) is 0. The summed E-state index contributed by atoms with van der Waals surface area (Å²) >= 11 is 1.77. The zero-order valence-corrected chi connectivity index (χ0v) is 17.2. The van der Waals surface area contributed by atoms with Crippen LogP contribution in [0.4, 0.5) is 11.4 Å². The number of hydrogen-bond acceptors (Lipinski definition) is 4. The minimum Gasteiger partial charge on any atom is -0.333 e. The molecular weight excluding hydrogens is 390 g/mol. The normalized spacial score (nSPS) is 20.3. The summed E-state index contributed by atoms with van der Waals surface area (Å²) in [6.07, 6.45) is 1.59. The number of nitrogens with one attached hydrogen (secondary N) is 1. The molecule has 1 saturated heterocycles. The van der Waals surface area contributed by atoms with Gasteiger partial charge in [-0.15, -0.1) is 11.3 Å². The molecule has 1 amide bonds. The molecule has 30 heavy (non-hydrogen) atoms. The molecule has 1 fully saturated rings. The molecule has 2 unspecified atom stereocenters. The minimum absolute atomic E-state index is 0.135. The summed E-state index contributed by atoms with van der Waals surface area (Å²) in [6, 6.07) is 29.0. The second-order valence-corrected chi connectivity index (χ2v) is 8.95. The number of thiophene rings is 1. The lowest BCUT2D eigenvalue weighted by molar-refractivity contribution is -0.128. The fraction of sp³-hybridized carbons (Fsp3) is 0.160. The Balaban J connectivity index is 1.51. The maximum atomic E-state index is 13.6. The van der Waals surface area contributed by atoms with Gasteiger partial charge >= 0.3 is 0 Å². The van der Waals surface area contributed by atoms with Gasteiger partial charge in [0.15, 0.2) is 6.17 Å². The summed E-state index contributed by atoms with van der Waals surface area (Å²) in [5.41, 5.74) is 6.82. The first-order valence-corrected chi connectivity index (χ1v) is 11.1. The maximum absolute atomic E-state index is 13.6. The number of carbonyl (C=O) groups is 1. The summed E-state index contributed by atoms with van der Waals surface area (Å²) in [5, 5.41) is 3.06. The van der Waals surface area contributed by atoms with E-state index < -0.39 is 0 Å². The van der Waals surface area contributed by atoms with Crippen molar-refractivity contribution in [1.29, 1.82) is 0 Å². The smallest absolute Gasteiger partial charge is 0.266 e. The van der Waals surface area contributed by atoms with Gasteiger partial charge in [0.25, 0.3) is 5.91 Å². The van der Waals surface area contributed by atoms with Gasteiger partial charge < -0.3 is 4.90 Å². The SMILES string of the molecule is O=C1C2CCc3ccccc3N2C(c2cc3ccccc3s2)N1Nc1ccccc1. The molecule has 0 aliphatic carbocycles. The number of amides is 1.